The Labute approximate surface area is 128 Å². The first-order chi connectivity index (χ1) is 10.3. The third kappa shape index (κ3) is 2.91. The highest BCUT2D eigenvalue weighted by atomic mass is 35.5. The van der Waals surface area contributed by atoms with E-state index in [1.54, 1.807) is 12.4 Å². The molecule has 0 aliphatic heterocycles. The molecular weight excluding hydrogens is 284 g/mol. The lowest BCUT2D eigenvalue weighted by molar-refractivity contribution is 0.498. The van der Waals surface area contributed by atoms with Crippen molar-refractivity contribution in [3.05, 3.63) is 59.3 Å². The van der Waals surface area contributed by atoms with Crippen LogP contribution < -0.4 is 5.32 Å². The molecule has 2 heterocycles. The van der Waals surface area contributed by atoms with Crippen LogP contribution >= 0.6 is 11.6 Å². The monoisotopic (exact) mass is 300 g/mol. The van der Waals surface area contributed by atoms with E-state index in [4.69, 9.17) is 11.6 Å². The van der Waals surface area contributed by atoms with Crippen LogP contribution in [0.5, 0.6) is 0 Å². The summed E-state index contributed by atoms with van der Waals surface area (Å²) >= 11 is 6.22. The molecule has 0 aliphatic rings. The van der Waals surface area contributed by atoms with Gasteiger partial charge in [-0.3, -0.25) is 4.98 Å². The summed E-state index contributed by atoms with van der Waals surface area (Å²) in [4.78, 5) is 11.9. The Kier molecular flexibility index (Phi) is 4.18. The second-order valence-electron chi connectivity index (χ2n) is 4.92. The van der Waals surface area contributed by atoms with Crippen LogP contribution in [-0.2, 0) is 6.54 Å². The molecule has 2 N–H and O–H groups in total. The molecule has 5 heteroatoms. The van der Waals surface area contributed by atoms with Crippen LogP contribution in [0.4, 0.5) is 0 Å². The number of nitrogens with one attached hydrogen (secondary N) is 2. The fraction of sp³-hybridized carbons (Fsp3) is 0.250. The van der Waals surface area contributed by atoms with Gasteiger partial charge >= 0.3 is 0 Å². The molecule has 108 valence electrons. The van der Waals surface area contributed by atoms with Crippen molar-refractivity contribution in [2.45, 2.75) is 25.9 Å². The van der Waals surface area contributed by atoms with E-state index >= 15 is 0 Å². The number of nitrogens with zero attached hydrogens (tertiary/aromatic N) is 2. The smallest absolute Gasteiger partial charge is 0.123 e. The van der Waals surface area contributed by atoms with E-state index in [1.807, 2.05) is 30.5 Å². The number of benzene rings is 1. The summed E-state index contributed by atoms with van der Waals surface area (Å²) in [7, 11) is 0. The van der Waals surface area contributed by atoms with Crippen molar-refractivity contribution in [3.8, 4) is 0 Å². The average Bonchev–Trinajstić information content (AvgIpc) is 3.04. The maximum atomic E-state index is 6.22. The Bertz CT molecular complexity index is 724. The molecule has 0 saturated carbocycles. The molecule has 3 aromatic rings. The van der Waals surface area contributed by atoms with Crippen LogP contribution in [0.1, 0.15) is 30.8 Å². The number of pyridine rings is 1. The van der Waals surface area contributed by atoms with Crippen LogP contribution in [0.25, 0.3) is 10.9 Å². The van der Waals surface area contributed by atoms with Gasteiger partial charge in [0.15, 0.2) is 0 Å². The highest BCUT2D eigenvalue weighted by Crippen LogP contribution is 2.25. The number of hydrogen-bond acceptors (Lipinski definition) is 3. The quantitative estimate of drug-likeness (QED) is 0.752. The first-order valence-electron chi connectivity index (χ1n) is 7.04. The third-order valence-electron chi connectivity index (χ3n) is 3.60. The molecule has 0 bridgehead atoms. The SMILES string of the molecule is CCC(NCc1ccc(Cl)c2cccnc12)c1ncc[nH]1. The van der Waals surface area contributed by atoms with Crippen LogP contribution in [0.3, 0.4) is 0 Å². The van der Waals surface area contributed by atoms with Gasteiger partial charge in [0.1, 0.15) is 5.82 Å². The van der Waals surface area contributed by atoms with E-state index in [1.165, 1.54) is 0 Å². The Balaban J connectivity index is 1.84. The zero-order valence-electron chi connectivity index (χ0n) is 11.8. The van der Waals surface area contributed by atoms with Crippen molar-refractivity contribution in [2.75, 3.05) is 0 Å². The summed E-state index contributed by atoms with van der Waals surface area (Å²) < 4.78 is 0. The maximum Gasteiger partial charge on any atom is 0.123 e. The Morgan fingerprint density at radius 3 is 2.90 bits per heavy atom. The van der Waals surface area contributed by atoms with E-state index in [9.17, 15) is 0 Å². The zero-order valence-corrected chi connectivity index (χ0v) is 12.6. The number of fused-ring (bicyclic) bond motifs is 1. The second-order valence-corrected chi connectivity index (χ2v) is 5.33. The third-order valence-corrected chi connectivity index (χ3v) is 3.93. The Morgan fingerprint density at radius 1 is 1.24 bits per heavy atom. The predicted octanol–water partition coefficient (Wildman–Crippen LogP) is 3.85. The minimum atomic E-state index is 0.203. The van der Waals surface area contributed by atoms with Gasteiger partial charge in [-0.2, -0.15) is 0 Å². The lowest BCUT2D eigenvalue weighted by Gasteiger charge is -2.15. The van der Waals surface area contributed by atoms with E-state index in [0.717, 1.165) is 40.3 Å². The van der Waals surface area contributed by atoms with Gasteiger partial charge in [0.05, 0.1) is 11.6 Å². The minimum absolute atomic E-state index is 0.203. The normalized spacial score (nSPS) is 12.7. The first kappa shape index (κ1) is 14.0. The second kappa shape index (κ2) is 6.24. The van der Waals surface area contributed by atoms with Crippen molar-refractivity contribution >= 4 is 22.5 Å². The minimum Gasteiger partial charge on any atom is -0.347 e. The number of aromatic nitrogens is 3. The van der Waals surface area contributed by atoms with Crippen LogP contribution in [0.2, 0.25) is 5.02 Å². The van der Waals surface area contributed by atoms with Gasteiger partial charge in [-0.15, -0.1) is 0 Å². The van der Waals surface area contributed by atoms with Crippen molar-refractivity contribution in [1.82, 2.24) is 20.3 Å². The van der Waals surface area contributed by atoms with Gasteiger partial charge in [0.2, 0.25) is 0 Å². The first-order valence-corrected chi connectivity index (χ1v) is 7.42. The number of rotatable bonds is 5. The van der Waals surface area contributed by atoms with E-state index < -0.39 is 0 Å². The van der Waals surface area contributed by atoms with Gasteiger partial charge in [-0.1, -0.05) is 24.6 Å². The Morgan fingerprint density at radius 2 is 2.14 bits per heavy atom. The van der Waals surface area contributed by atoms with Gasteiger partial charge in [-0.05, 0) is 30.2 Å². The fourth-order valence-electron chi connectivity index (χ4n) is 2.47. The standard InChI is InChI=1S/C16H17ClN4/c1-2-14(16-19-8-9-20-16)21-10-11-5-6-13(17)12-4-3-7-18-15(11)12/h3-9,14,21H,2,10H2,1H3,(H,19,20). The molecule has 0 saturated heterocycles. The fourth-order valence-corrected chi connectivity index (χ4v) is 2.69. The van der Waals surface area contributed by atoms with Crippen LogP contribution in [-0.4, -0.2) is 15.0 Å². The summed E-state index contributed by atoms with van der Waals surface area (Å²) in [6, 6.07) is 8.06. The predicted molar refractivity (Wildman–Crippen MR) is 85.2 cm³/mol. The molecule has 0 amide bonds. The molecular formula is C16H17ClN4. The van der Waals surface area contributed by atoms with E-state index in [-0.39, 0.29) is 6.04 Å². The molecule has 2 aromatic heterocycles. The molecule has 0 radical (unpaired) electrons. The van der Waals surface area contributed by atoms with Crippen molar-refractivity contribution in [3.63, 3.8) is 0 Å². The molecule has 0 aliphatic carbocycles. The van der Waals surface area contributed by atoms with Gasteiger partial charge in [0, 0.05) is 35.5 Å². The number of halogens is 1. The highest BCUT2D eigenvalue weighted by Gasteiger charge is 2.12. The summed E-state index contributed by atoms with van der Waals surface area (Å²) in [5.74, 6) is 0.962. The molecule has 21 heavy (non-hydrogen) atoms. The summed E-state index contributed by atoms with van der Waals surface area (Å²) in [6.45, 7) is 2.86. The van der Waals surface area contributed by atoms with Crippen molar-refractivity contribution in [2.24, 2.45) is 0 Å². The largest absolute Gasteiger partial charge is 0.347 e. The van der Waals surface area contributed by atoms with Crippen LogP contribution in [0.15, 0.2) is 42.9 Å². The van der Waals surface area contributed by atoms with Gasteiger partial charge < -0.3 is 10.3 Å². The molecule has 0 fully saturated rings. The lowest BCUT2D eigenvalue weighted by atomic mass is 10.1. The zero-order chi connectivity index (χ0) is 14.7. The van der Waals surface area contributed by atoms with E-state index in [2.05, 4.69) is 27.2 Å². The summed E-state index contributed by atoms with van der Waals surface area (Å²) in [5.41, 5.74) is 2.09. The van der Waals surface area contributed by atoms with Crippen LogP contribution in [0, 0.1) is 0 Å². The number of imidazole rings is 1. The maximum absolute atomic E-state index is 6.22. The number of hydrogen-bond donors (Lipinski definition) is 2. The molecule has 1 aromatic carbocycles. The number of aromatic amines is 1. The molecule has 1 unspecified atom stereocenters. The lowest BCUT2D eigenvalue weighted by Crippen LogP contribution is -2.21. The van der Waals surface area contributed by atoms with Gasteiger partial charge in [0.25, 0.3) is 0 Å². The average molecular weight is 301 g/mol. The van der Waals surface area contributed by atoms with Crippen molar-refractivity contribution < 1.29 is 0 Å². The van der Waals surface area contributed by atoms with Gasteiger partial charge in [-0.25, -0.2) is 4.98 Å². The highest BCUT2D eigenvalue weighted by molar-refractivity contribution is 6.35. The number of H-pyrrole nitrogens is 1. The molecule has 4 nitrogen and oxygen atoms in total. The Hall–Kier alpha value is -1.91. The molecule has 3 rings (SSSR count). The van der Waals surface area contributed by atoms with Crippen molar-refractivity contribution in [1.29, 1.82) is 0 Å². The summed E-state index contributed by atoms with van der Waals surface area (Å²) in [5, 5.41) is 5.25. The summed E-state index contributed by atoms with van der Waals surface area (Å²) in [6.07, 6.45) is 6.39. The van der Waals surface area contributed by atoms with E-state index in [0.29, 0.717) is 0 Å². The molecule has 1 atom stereocenters. The molecule has 0 spiro atoms. The topological polar surface area (TPSA) is 53.6 Å².